The van der Waals surface area contributed by atoms with Gasteiger partial charge >= 0.3 is 12.1 Å². The summed E-state index contributed by atoms with van der Waals surface area (Å²) in [5, 5.41) is 0. The number of amides is 1. The Balaban J connectivity index is 1.69. The summed E-state index contributed by atoms with van der Waals surface area (Å²) < 4.78 is 37.0. The number of hydrogen-bond acceptors (Lipinski definition) is 4. The number of esters is 1. The van der Waals surface area contributed by atoms with E-state index in [4.69, 9.17) is 4.74 Å². The van der Waals surface area contributed by atoms with E-state index in [1.807, 2.05) is 6.07 Å². The van der Waals surface area contributed by atoms with Gasteiger partial charge in [-0.25, -0.2) is 18.4 Å². The van der Waals surface area contributed by atoms with E-state index in [2.05, 4.69) is 4.74 Å². The summed E-state index contributed by atoms with van der Waals surface area (Å²) in [6.45, 7) is -0.166. The Morgan fingerprint density at radius 3 is 2.52 bits per heavy atom. The van der Waals surface area contributed by atoms with E-state index in [9.17, 15) is 18.4 Å². The number of carbonyl (C=O) groups excluding carboxylic acids is 2. The Labute approximate surface area is 132 Å². The van der Waals surface area contributed by atoms with Crippen LogP contribution in [0.5, 0.6) is 0 Å². The van der Waals surface area contributed by atoms with Crippen LogP contribution in [0.2, 0.25) is 0 Å². The number of hydrogen-bond donors (Lipinski definition) is 0. The van der Waals surface area contributed by atoms with Crippen LogP contribution in [-0.4, -0.2) is 42.6 Å². The average molecular weight is 325 g/mol. The molecule has 1 saturated heterocycles. The molecule has 1 aliphatic carbocycles. The first kappa shape index (κ1) is 15.7. The zero-order valence-corrected chi connectivity index (χ0v) is 12.6. The molecule has 0 bridgehead atoms. The van der Waals surface area contributed by atoms with E-state index in [0.29, 0.717) is 0 Å². The van der Waals surface area contributed by atoms with Gasteiger partial charge in [-0.15, -0.1) is 0 Å². The first-order valence-electron chi connectivity index (χ1n) is 7.31. The van der Waals surface area contributed by atoms with Crippen LogP contribution in [0.1, 0.15) is 18.4 Å². The van der Waals surface area contributed by atoms with Gasteiger partial charge in [-0.1, -0.05) is 30.3 Å². The van der Waals surface area contributed by atoms with Crippen molar-refractivity contribution in [3.05, 3.63) is 35.9 Å². The summed E-state index contributed by atoms with van der Waals surface area (Å²) in [4.78, 5) is 25.1. The molecule has 2 aliphatic rings. The Morgan fingerprint density at radius 1 is 1.30 bits per heavy atom. The van der Waals surface area contributed by atoms with Crippen LogP contribution in [0.25, 0.3) is 0 Å². The number of methoxy groups -OCH3 is 1. The van der Waals surface area contributed by atoms with Crippen molar-refractivity contribution in [2.45, 2.75) is 31.4 Å². The van der Waals surface area contributed by atoms with Gasteiger partial charge < -0.3 is 9.47 Å². The first-order chi connectivity index (χ1) is 10.9. The Morgan fingerprint density at radius 2 is 1.96 bits per heavy atom. The molecular formula is C16H17F2NO4. The molecule has 1 heterocycles. The van der Waals surface area contributed by atoms with Crippen molar-refractivity contribution < 1.29 is 27.8 Å². The minimum absolute atomic E-state index is 0.0213. The van der Waals surface area contributed by atoms with Gasteiger partial charge in [-0.3, -0.25) is 4.90 Å². The van der Waals surface area contributed by atoms with Gasteiger partial charge in [0.1, 0.15) is 12.6 Å². The molecule has 1 spiro atoms. The topological polar surface area (TPSA) is 55.8 Å². The predicted octanol–water partition coefficient (Wildman–Crippen LogP) is 2.60. The molecule has 23 heavy (non-hydrogen) atoms. The molecule has 0 unspecified atom stereocenters. The van der Waals surface area contributed by atoms with Crippen LogP contribution in [-0.2, 0) is 20.9 Å². The fraction of sp³-hybridized carbons (Fsp3) is 0.500. The molecule has 3 rings (SSSR count). The zero-order valence-electron chi connectivity index (χ0n) is 12.6. The van der Waals surface area contributed by atoms with Crippen molar-refractivity contribution in [2.75, 3.05) is 13.7 Å². The number of alkyl halides is 2. The fourth-order valence-electron chi connectivity index (χ4n) is 3.10. The van der Waals surface area contributed by atoms with Crippen molar-refractivity contribution in [2.24, 2.45) is 5.41 Å². The van der Waals surface area contributed by atoms with Crippen LogP contribution in [0.3, 0.4) is 0 Å². The van der Waals surface area contributed by atoms with Gasteiger partial charge in [0.05, 0.1) is 12.5 Å². The molecule has 2 fully saturated rings. The Bertz CT molecular complexity index is 622. The largest absolute Gasteiger partial charge is 0.467 e. The molecule has 5 nitrogen and oxygen atoms in total. The molecule has 124 valence electrons. The minimum atomic E-state index is -2.84. The molecule has 1 aliphatic heterocycles. The van der Waals surface area contributed by atoms with Crippen molar-refractivity contribution in [1.82, 2.24) is 4.90 Å². The van der Waals surface area contributed by atoms with Gasteiger partial charge in [0.2, 0.25) is 0 Å². The lowest BCUT2D eigenvalue weighted by atomic mass is 10.0. The number of halogens is 2. The highest BCUT2D eigenvalue weighted by Crippen LogP contribution is 2.66. The van der Waals surface area contributed by atoms with Gasteiger partial charge in [0.25, 0.3) is 5.92 Å². The molecule has 7 heteroatoms. The lowest BCUT2D eigenvalue weighted by Gasteiger charge is -2.21. The highest BCUT2D eigenvalue weighted by molar-refractivity contribution is 5.82. The van der Waals surface area contributed by atoms with E-state index in [1.54, 1.807) is 24.3 Å². The number of likely N-dealkylation sites (tertiary alicyclic amines) is 1. The number of carbonyl (C=O) groups is 2. The van der Waals surface area contributed by atoms with Crippen LogP contribution in [0.15, 0.2) is 30.3 Å². The maximum absolute atomic E-state index is 13.6. The number of rotatable bonds is 3. The van der Waals surface area contributed by atoms with Crippen molar-refractivity contribution in [3.8, 4) is 0 Å². The molecule has 0 radical (unpaired) electrons. The molecule has 2 atom stereocenters. The Hall–Kier alpha value is -2.18. The van der Waals surface area contributed by atoms with E-state index >= 15 is 0 Å². The van der Waals surface area contributed by atoms with Crippen LogP contribution in [0, 0.1) is 5.41 Å². The summed E-state index contributed by atoms with van der Waals surface area (Å²) >= 11 is 0. The third-order valence-electron chi connectivity index (χ3n) is 4.56. The maximum atomic E-state index is 13.6. The highest BCUT2D eigenvalue weighted by atomic mass is 19.3. The molecule has 0 N–H and O–H groups in total. The van der Waals surface area contributed by atoms with Gasteiger partial charge in [-0.2, -0.15) is 0 Å². The van der Waals surface area contributed by atoms with Gasteiger partial charge in [0.15, 0.2) is 0 Å². The number of nitrogens with zero attached hydrogens (tertiary/aromatic N) is 1. The fourth-order valence-corrected chi connectivity index (χ4v) is 3.10. The predicted molar refractivity (Wildman–Crippen MR) is 75.8 cm³/mol. The molecule has 1 aromatic carbocycles. The highest BCUT2D eigenvalue weighted by Gasteiger charge is 2.75. The van der Waals surface area contributed by atoms with Crippen LogP contribution in [0.4, 0.5) is 13.6 Å². The van der Waals surface area contributed by atoms with Crippen molar-refractivity contribution >= 4 is 12.1 Å². The summed E-state index contributed by atoms with van der Waals surface area (Å²) in [6.07, 6.45) is -1.17. The number of benzene rings is 1. The monoisotopic (exact) mass is 325 g/mol. The van der Waals surface area contributed by atoms with Crippen molar-refractivity contribution in [3.63, 3.8) is 0 Å². The number of ether oxygens (including phenoxy) is 2. The van der Waals surface area contributed by atoms with Gasteiger partial charge in [0, 0.05) is 13.0 Å². The Kier molecular flexibility index (Phi) is 3.74. The summed E-state index contributed by atoms with van der Waals surface area (Å²) in [6, 6.07) is 7.98. The van der Waals surface area contributed by atoms with Crippen LogP contribution < -0.4 is 0 Å². The smallest absolute Gasteiger partial charge is 0.410 e. The standard InChI is InChI=1S/C16H17F2NO4/c1-22-13(20)12-7-15(9-16(15,17)18)10-19(12)14(21)23-8-11-5-3-2-4-6-11/h2-6,12H,7-10H2,1H3/t12-,15-/m0/s1. The van der Waals surface area contributed by atoms with E-state index < -0.39 is 29.4 Å². The SMILES string of the molecule is COC(=O)[C@@H]1C[C@@]2(CN1C(=O)OCc1ccccc1)CC2(F)F. The van der Waals surface area contributed by atoms with E-state index in [1.165, 1.54) is 7.11 Å². The minimum Gasteiger partial charge on any atom is -0.467 e. The third kappa shape index (κ3) is 2.75. The molecule has 1 amide bonds. The summed E-state index contributed by atoms with van der Waals surface area (Å²) in [7, 11) is 1.17. The quantitative estimate of drug-likeness (QED) is 0.802. The second-order valence-corrected chi connectivity index (χ2v) is 6.07. The first-order valence-corrected chi connectivity index (χ1v) is 7.31. The van der Waals surface area contributed by atoms with Crippen molar-refractivity contribution in [1.29, 1.82) is 0 Å². The second kappa shape index (κ2) is 5.47. The van der Waals surface area contributed by atoms with E-state index in [0.717, 1.165) is 10.5 Å². The summed E-state index contributed by atoms with van der Waals surface area (Å²) in [5.74, 6) is -3.53. The molecule has 0 aromatic heterocycles. The lowest BCUT2D eigenvalue weighted by molar-refractivity contribution is -0.145. The third-order valence-corrected chi connectivity index (χ3v) is 4.56. The normalized spacial score (nSPS) is 27.8. The lowest BCUT2D eigenvalue weighted by Crippen LogP contribution is -2.41. The molecule has 1 saturated carbocycles. The van der Waals surface area contributed by atoms with E-state index in [-0.39, 0.29) is 26.0 Å². The second-order valence-electron chi connectivity index (χ2n) is 6.07. The average Bonchev–Trinajstić information content (AvgIpc) is 2.89. The molecular weight excluding hydrogens is 308 g/mol. The summed E-state index contributed by atoms with van der Waals surface area (Å²) in [5.41, 5.74) is -0.529. The maximum Gasteiger partial charge on any atom is 0.410 e. The zero-order chi connectivity index (χ0) is 16.7. The van der Waals surface area contributed by atoms with Crippen LogP contribution >= 0.6 is 0 Å². The molecule has 1 aromatic rings. The van der Waals surface area contributed by atoms with Gasteiger partial charge in [-0.05, 0) is 12.0 Å².